The van der Waals surface area contributed by atoms with E-state index >= 15 is 0 Å². The van der Waals surface area contributed by atoms with Gasteiger partial charge < -0.3 is 15.2 Å². The number of urea groups is 1. The summed E-state index contributed by atoms with van der Waals surface area (Å²) >= 11 is 0. The van der Waals surface area contributed by atoms with Crippen molar-refractivity contribution in [1.29, 1.82) is 0 Å². The van der Waals surface area contributed by atoms with Crippen molar-refractivity contribution < 1.29 is 19.4 Å². The molecule has 0 unspecified atom stereocenters. The summed E-state index contributed by atoms with van der Waals surface area (Å²) in [5.41, 5.74) is 0.669. The third-order valence-electron chi connectivity index (χ3n) is 2.36. The van der Waals surface area contributed by atoms with E-state index in [2.05, 4.69) is 5.32 Å². The number of rotatable bonds is 5. The zero-order valence-corrected chi connectivity index (χ0v) is 10.3. The molecule has 0 heterocycles. The molecular formula is C12H16N2O4. The highest BCUT2D eigenvalue weighted by Crippen LogP contribution is 2.19. The van der Waals surface area contributed by atoms with Crippen molar-refractivity contribution in [2.45, 2.75) is 6.42 Å². The van der Waals surface area contributed by atoms with Crippen LogP contribution in [0.1, 0.15) is 6.42 Å². The van der Waals surface area contributed by atoms with Crippen LogP contribution in [0.5, 0.6) is 5.75 Å². The average molecular weight is 252 g/mol. The van der Waals surface area contributed by atoms with Gasteiger partial charge in [0.05, 0.1) is 13.5 Å². The fourth-order valence-corrected chi connectivity index (χ4v) is 1.33. The second-order valence-corrected chi connectivity index (χ2v) is 3.64. The lowest BCUT2D eigenvalue weighted by Crippen LogP contribution is -2.38. The van der Waals surface area contributed by atoms with Crippen LogP contribution in [0.2, 0.25) is 0 Å². The standard InChI is InChI=1S/C12H16N2O4/c1-14(12(17)13-7-6-11(15)16)9-4-3-5-10(8-9)18-2/h3-5,8H,6-7H2,1-2H3,(H,13,17)(H,15,16). The number of carbonyl (C=O) groups excluding carboxylic acids is 1. The van der Waals surface area contributed by atoms with E-state index in [9.17, 15) is 9.59 Å². The van der Waals surface area contributed by atoms with Crippen molar-refractivity contribution in [2.75, 3.05) is 25.6 Å². The Morgan fingerprint density at radius 3 is 2.78 bits per heavy atom. The fraction of sp³-hybridized carbons (Fsp3) is 0.333. The molecule has 0 atom stereocenters. The molecule has 2 N–H and O–H groups in total. The molecule has 0 bridgehead atoms. The molecule has 6 heteroatoms. The summed E-state index contributed by atoms with van der Waals surface area (Å²) in [5, 5.41) is 11.0. The zero-order valence-electron chi connectivity index (χ0n) is 10.3. The van der Waals surface area contributed by atoms with Crippen LogP contribution in [-0.2, 0) is 4.79 Å². The highest BCUT2D eigenvalue weighted by Gasteiger charge is 2.11. The third-order valence-corrected chi connectivity index (χ3v) is 2.36. The van der Waals surface area contributed by atoms with E-state index in [4.69, 9.17) is 9.84 Å². The van der Waals surface area contributed by atoms with Crippen LogP contribution in [0.25, 0.3) is 0 Å². The molecule has 98 valence electrons. The Hall–Kier alpha value is -2.24. The van der Waals surface area contributed by atoms with E-state index in [1.54, 1.807) is 38.4 Å². The number of nitrogens with one attached hydrogen (secondary N) is 1. The molecule has 1 aromatic rings. The molecule has 1 rings (SSSR count). The monoisotopic (exact) mass is 252 g/mol. The lowest BCUT2D eigenvalue weighted by atomic mass is 10.3. The summed E-state index contributed by atoms with van der Waals surface area (Å²) in [7, 11) is 3.15. The van der Waals surface area contributed by atoms with E-state index in [0.717, 1.165) is 0 Å². The Morgan fingerprint density at radius 1 is 1.44 bits per heavy atom. The molecule has 0 aliphatic carbocycles. The number of anilines is 1. The molecule has 0 aliphatic rings. The van der Waals surface area contributed by atoms with Crippen LogP contribution in [0.15, 0.2) is 24.3 Å². The van der Waals surface area contributed by atoms with E-state index in [1.165, 1.54) is 4.90 Å². The first-order valence-electron chi connectivity index (χ1n) is 5.42. The van der Waals surface area contributed by atoms with Crippen molar-refractivity contribution in [3.8, 4) is 5.75 Å². The summed E-state index contributed by atoms with van der Waals surface area (Å²) in [5.74, 6) is -0.294. The number of methoxy groups -OCH3 is 1. The minimum absolute atomic E-state index is 0.0995. The van der Waals surface area contributed by atoms with Gasteiger partial charge in [0.2, 0.25) is 0 Å². The minimum Gasteiger partial charge on any atom is -0.497 e. The molecule has 0 aliphatic heterocycles. The first-order valence-corrected chi connectivity index (χ1v) is 5.42. The molecular weight excluding hydrogens is 236 g/mol. The number of benzene rings is 1. The van der Waals surface area contributed by atoms with E-state index < -0.39 is 5.97 Å². The van der Waals surface area contributed by atoms with Gasteiger partial charge in [-0.15, -0.1) is 0 Å². The number of hydrogen-bond donors (Lipinski definition) is 2. The van der Waals surface area contributed by atoms with E-state index in [1.807, 2.05) is 0 Å². The highest BCUT2D eigenvalue weighted by molar-refractivity contribution is 5.91. The quantitative estimate of drug-likeness (QED) is 0.828. The van der Waals surface area contributed by atoms with Crippen LogP contribution < -0.4 is 15.0 Å². The molecule has 0 fully saturated rings. The van der Waals surface area contributed by atoms with Gasteiger partial charge in [-0.1, -0.05) is 6.07 Å². The lowest BCUT2D eigenvalue weighted by Gasteiger charge is -2.18. The maximum Gasteiger partial charge on any atom is 0.321 e. The van der Waals surface area contributed by atoms with Crippen molar-refractivity contribution in [2.24, 2.45) is 0 Å². The first kappa shape index (κ1) is 13.8. The van der Waals surface area contributed by atoms with Crippen LogP contribution in [-0.4, -0.2) is 37.8 Å². The molecule has 18 heavy (non-hydrogen) atoms. The Balaban J connectivity index is 2.59. The Bertz CT molecular complexity index is 434. The molecule has 0 spiro atoms. The molecule has 1 aromatic carbocycles. The number of aliphatic carboxylic acids is 1. The normalized spacial score (nSPS) is 9.67. The zero-order chi connectivity index (χ0) is 13.5. The number of nitrogens with zero attached hydrogens (tertiary/aromatic N) is 1. The molecule has 0 radical (unpaired) electrons. The minimum atomic E-state index is -0.945. The number of ether oxygens (including phenoxy) is 1. The van der Waals surface area contributed by atoms with Crippen LogP contribution in [0.3, 0.4) is 0 Å². The van der Waals surface area contributed by atoms with Gasteiger partial charge in [-0.25, -0.2) is 4.79 Å². The molecule has 2 amide bonds. The van der Waals surface area contributed by atoms with Gasteiger partial charge in [-0.2, -0.15) is 0 Å². The number of hydrogen-bond acceptors (Lipinski definition) is 3. The van der Waals surface area contributed by atoms with Gasteiger partial charge in [0.1, 0.15) is 5.75 Å². The summed E-state index contributed by atoms with van der Waals surface area (Å²) < 4.78 is 5.06. The summed E-state index contributed by atoms with van der Waals surface area (Å²) in [6.45, 7) is 0.0997. The maximum atomic E-state index is 11.7. The average Bonchev–Trinajstić information content (AvgIpc) is 2.37. The Labute approximate surface area is 105 Å². The Morgan fingerprint density at radius 2 is 2.17 bits per heavy atom. The van der Waals surface area contributed by atoms with Gasteiger partial charge in [-0.3, -0.25) is 9.69 Å². The van der Waals surface area contributed by atoms with Crippen LogP contribution in [0.4, 0.5) is 10.5 Å². The summed E-state index contributed by atoms with van der Waals surface area (Å²) in [6, 6.07) is 6.68. The first-order chi connectivity index (χ1) is 8.54. The largest absolute Gasteiger partial charge is 0.497 e. The van der Waals surface area contributed by atoms with Gasteiger partial charge >= 0.3 is 12.0 Å². The van der Waals surface area contributed by atoms with Crippen molar-refractivity contribution in [3.05, 3.63) is 24.3 Å². The van der Waals surface area contributed by atoms with E-state index in [0.29, 0.717) is 11.4 Å². The second-order valence-electron chi connectivity index (χ2n) is 3.64. The van der Waals surface area contributed by atoms with Gasteiger partial charge in [0, 0.05) is 25.3 Å². The highest BCUT2D eigenvalue weighted by atomic mass is 16.5. The number of carboxylic acid groups (broad SMARTS) is 1. The maximum absolute atomic E-state index is 11.7. The second kappa shape index (κ2) is 6.48. The third kappa shape index (κ3) is 3.97. The Kier molecular flexibility index (Phi) is 4.98. The van der Waals surface area contributed by atoms with Crippen LogP contribution >= 0.6 is 0 Å². The number of carbonyl (C=O) groups is 2. The number of amides is 2. The molecule has 6 nitrogen and oxygen atoms in total. The van der Waals surface area contributed by atoms with E-state index in [-0.39, 0.29) is 19.0 Å². The smallest absolute Gasteiger partial charge is 0.321 e. The van der Waals surface area contributed by atoms with Gasteiger partial charge in [0.25, 0.3) is 0 Å². The molecule has 0 saturated heterocycles. The molecule has 0 saturated carbocycles. The predicted molar refractivity (Wildman–Crippen MR) is 67.0 cm³/mol. The predicted octanol–water partition coefficient (Wildman–Crippen LogP) is 1.32. The van der Waals surface area contributed by atoms with Gasteiger partial charge in [-0.05, 0) is 12.1 Å². The fourth-order valence-electron chi connectivity index (χ4n) is 1.33. The summed E-state index contributed by atoms with van der Waals surface area (Å²) in [6.07, 6.45) is -0.0995. The topological polar surface area (TPSA) is 78.9 Å². The number of carboxylic acids is 1. The van der Waals surface area contributed by atoms with Gasteiger partial charge in [0.15, 0.2) is 0 Å². The van der Waals surface area contributed by atoms with Crippen LogP contribution in [0, 0.1) is 0 Å². The van der Waals surface area contributed by atoms with Crippen molar-refractivity contribution in [3.63, 3.8) is 0 Å². The summed E-state index contributed by atoms with van der Waals surface area (Å²) in [4.78, 5) is 23.4. The lowest BCUT2D eigenvalue weighted by molar-refractivity contribution is -0.136. The SMILES string of the molecule is COc1cccc(N(C)C(=O)NCCC(=O)O)c1. The van der Waals surface area contributed by atoms with Crippen molar-refractivity contribution in [1.82, 2.24) is 5.32 Å². The molecule has 0 aromatic heterocycles. The van der Waals surface area contributed by atoms with Crippen molar-refractivity contribution >= 4 is 17.7 Å².